The topological polar surface area (TPSA) is 0 Å². The molecule has 0 heterocycles. The highest BCUT2D eigenvalue weighted by Crippen LogP contribution is 2.43. The fourth-order valence-corrected chi connectivity index (χ4v) is 4.26. The van der Waals surface area contributed by atoms with E-state index in [0.29, 0.717) is 0 Å². The quantitative estimate of drug-likeness (QED) is 0.518. The molecular weight excluding hydrogens is 200 g/mol. The lowest BCUT2D eigenvalue weighted by atomic mass is 9.78. The molecule has 2 saturated carbocycles. The van der Waals surface area contributed by atoms with Crippen molar-refractivity contribution in [3.63, 3.8) is 0 Å². The third-order valence-corrected chi connectivity index (χ3v) is 5.38. The van der Waals surface area contributed by atoms with E-state index in [-0.39, 0.29) is 0 Å². The molecule has 4 unspecified atom stereocenters. The zero-order valence-electron chi connectivity index (χ0n) is 10.1. The van der Waals surface area contributed by atoms with Gasteiger partial charge in [0, 0.05) is 0 Å². The molecule has 0 aromatic rings. The van der Waals surface area contributed by atoms with Crippen LogP contribution in [0, 0.1) is 23.7 Å². The maximum atomic E-state index is 4.52. The maximum absolute atomic E-state index is 4.52. The van der Waals surface area contributed by atoms with Crippen LogP contribution >= 0.6 is 12.6 Å². The van der Waals surface area contributed by atoms with Gasteiger partial charge in [-0.1, -0.05) is 39.0 Å². The van der Waals surface area contributed by atoms with Gasteiger partial charge in [0.2, 0.25) is 0 Å². The van der Waals surface area contributed by atoms with E-state index in [1.54, 1.807) is 0 Å². The average Bonchev–Trinajstić information content (AvgIpc) is 2.54. The molecule has 0 aliphatic heterocycles. The molecule has 0 N–H and O–H groups in total. The van der Waals surface area contributed by atoms with E-state index in [0.717, 1.165) is 29.4 Å². The highest BCUT2D eigenvalue weighted by Gasteiger charge is 2.32. The van der Waals surface area contributed by atoms with Crippen molar-refractivity contribution < 1.29 is 0 Å². The van der Waals surface area contributed by atoms with Gasteiger partial charge in [0.25, 0.3) is 0 Å². The van der Waals surface area contributed by atoms with Crippen LogP contribution in [0.5, 0.6) is 0 Å². The predicted molar refractivity (Wildman–Crippen MR) is 70.4 cm³/mol. The Morgan fingerprint density at radius 3 is 2.47 bits per heavy atom. The van der Waals surface area contributed by atoms with Crippen LogP contribution in [0.2, 0.25) is 0 Å². The minimum atomic E-state index is 0.925. The van der Waals surface area contributed by atoms with Crippen molar-refractivity contribution in [1.29, 1.82) is 0 Å². The summed E-state index contributed by atoms with van der Waals surface area (Å²) in [7, 11) is 0. The lowest BCUT2D eigenvalue weighted by Gasteiger charge is -2.27. The van der Waals surface area contributed by atoms with Gasteiger partial charge < -0.3 is 0 Å². The van der Waals surface area contributed by atoms with Gasteiger partial charge in [-0.15, -0.1) is 0 Å². The first-order valence-corrected chi connectivity index (χ1v) is 7.55. The van der Waals surface area contributed by atoms with Crippen LogP contribution < -0.4 is 0 Å². The summed E-state index contributed by atoms with van der Waals surface area (Å²) in [5, 5.41) is 0. The van der Waals surface area contributed by atoms with Gasteiger partial charge in [0.1, 0.15) is 0 Å². The van der Waals surface area contributed by atoms with E-state index in [9.17, 15) is 0 Å². The summed E-state index contributed by atoms with van der Waals surface area (Å²) in [6, 6.07) is 0. The Hall–Kier alpha value is 0.350. The van der Waals surface area contributed by atoms with Crippen LogP contribution in [0.3, 0.4) is 0 Å². The summed E-state index contributed by atoms with van der Waals surface area (Å²) in [6.07, 6.45) is 11.9. The highest BCUT2D eigenvalue weighted by atomic mass is 32.1. The second-order valence-electron chi connectivity index (χ2n) is 5.90. The van der Waals surface area contributed by atoms with Crippen molar-refractivity contribution in [1.82, 2.24) is 0 Å². The molecule has 2 rings (SSSR count). The van der Waals surface area contributed by atoms with Crippen molar-refractivity contribution in [3.05, 3.63) is 0 Å². The average molecular weight is 226 g/mol. The molecule has 0 radical (unpaired) electrons. The second-order valence-corrected chi connectivity index (χ2v) is 6.27. The molecule has 1 heteroatoms. The largest absolute Gasteiger partial charge is 0.179 e. The van der Waals surface area contributed by atoms with E-state index in [1.165, 1.54) is 51.4 Å². The van der Waals surface area contributed by atoms with E-state index in [1.807, 2.05) is 0 Å². The molecule has 0 aromatic heterocycles. The first-order valence-electron chi connectivity index (χ1n) is 6.92. The summed E-state index contributed by atoms with van der Waals surface area (Å²) < 4.78 is 0. The Morgan fingerprint density at radius 1 is 1.00 bits per heavy atom. The smallest absolute Gasteiger partial charge is 0.00694 e. The van der Waals surface area contributed by atoms with Crippen molar-refractivity contribution in [2.24, 2.45) is 23.7 Å². The van der Waals surface area contributed by atoms with E-state index < -0.39 is 0 Å². The standard InChI is InChI=1S/C14H26S/c1-11-5-4-8-14(11)13-7-3-2-6-12(9-13)10-15/h11-15H,2-10H2,1H3. The summed E-state index contributed by atoms with van der Waals surface area (Å²) in [6.45, 7) is 2.48. The van der Waals surface area contributed by atoms with Crippen LogP contribution in [-0.4, -0.2) is 5.75 Å². The van der Waals surface area contributed by atoms with Gasteiger partial charge in [-0.25, -0.2) is 0 Å². The van der Waals surface area contributed by atoms with Crippen LogP contribution in [-0.2, 0) is 0 Å². The van der Waals surface area contributed by atoms with Crippen LogP contribution in [0.15, 0.2) is 0 Å². The molecule has 4 atom stereocenters. The SMILES string of the molecule is CC1CCCC1C1CCCCC(CS)C1. The normalized spacial score (nSPS) is 42.8. The minimum absolute atomic E-state index is 0.925. The lowest BCUT2D eigenvalue weighted by molar-refractivity contribution is 0.231. The molecule has 0 saturated heterocycles. The molecule has 0 amide bonds. The molecule has 0 nitrogen and oxygen atoms in total. The van der Waals surface area contributed by atoms with Gasteiger partial charge in [-0.2, -0.15) is 12.6 Å². The number of rotatable bonds is 2. The van der Waals surface area contributed by atoms with Crippen molar-refractivity contribution in [2.45, 2.75) is 58.3 Å². The van der Waals surface area contributed by atoms with E-state index >= 15 is 0 Å². The summed E-state index contributed by atoms with van der Waals surface area (Å²) in [5.41, 5.74) is 0. The van der Waals surface area contributed by atoms with Gasteiger partial charge >= 0.3 is 0 Å². The molecular formula is C14H26S. The van der Waals surface area contributed by atoms with Crippen molar-refractivity contribution in [2.75, 3.05) is 5.75 Å². The summed E-state index contributed by atoms with van der Waals surface area (Å²) >= 11 is 4.52. The Morgan fingerprint density at radius 2 is 1.80 bits per heavy atom. The molecule has 15 heavy (non-hydrogen) atoms. The number of thiol groups is 1. The third-order valence-electron chi connectivity index (χ3n) is 4.86. The molecule has 88 valence electrons. The molecule has 2 aliphatic carbocycles. The van der Waals surface area contributed by atoms with E-state index in [2.05, 4.69) is 19.6 Å². The Bertz CT molecular complexity index is 190. The highest BCUT2D eigenvalue weighted by molar-refractivity contribution is 7.80. The second kappa shape index (κ2) is 5.61. The molecule has 0 aromatic carbocycles. The van der Waals surface area contributed by atoms with Crippen LogP contribution in [0.25, 0.3) is 0 Å². The van der Waals surface area contributed by atoms with E-state index in [4.69, 9.17) is 0 Å². The first-order chi connectivity index (χ1) is 7.31. The fraction of sp³-hybridized carbons (Fsp3) is 1.00. The van der Waals surface area contributed by atoms with Gasteiger partial charge in [-0.05, 0) is 48.7 Å². The number of hydrogen-bond acceptors (Lipinski definition) is 1. The molecule has 0 spiro atoms. The Balaban J connectivity index is 1.94. The zero-order chi connectivity index (χ0) is 10.7. The van der Waals surface area contributed by atoms with Gasteiger partial charge in [0.15, 0.2) is 0 Å². The molecule has 2 aliphatic rings. The van der Waals surface area contributed by atoms with Gasteiger partial charge in [0.05, 0.1) is 0 Å². The lowest BCUT2D eigenvalue weighted by Crippen LogP contribution is -2.19. The maximum Gasteiger partial charge on any atom is -0.00694 e. The van der Waals surface area contributed by atoms with Crippen LogP contribution in [0.1, 0.15) is 58.3 Å². The minimum Gasteiger partial charge on any atom is -0.179 e. The third kappa shape index (κ3) is 2.93. The van der Waals surface area contributed by atoms with Gasteiger partial charge in [-0.3, -0.25) is 0 Å². The number of hydrogen-bond donors (Lipinski definition) is 1. The zero-order valence-corrected chi connectivity index (χ0v) is 11.0. The van der Waals surface area contributed by atoms with Crippen molar-refractivity contribution >= 4 is 12.6 Å². The predicted octanol–water partition coefficient (Wildman–Crippen LogP) is 4.55. The monoisotopic (exact) mass is 226 g/mol. The molecule has 0 bridgehead atoms. The Labute approximate surface area is 101 Å². The van der Waals surface area contributed by atoms with Crippen molar-refractivity contribution in [3.8, 4) is 0 Å². The summed E-state index contributed by atoms with van der Waals surface area (Å²) in [4.78, 5) is 0. The summed E-state index contributed by atoms with van der Waals surface area (Å²) in [5.74, 6) is 5.16. The Kier molecular flexibility index (Phi) is 4.42. The first kappa shape index (κ1) is 11.8. The fourth-order valence-electron chi connectivity index (χ4n) is 3.93. The molecule has 2 fully saturated rings. The van der Waals surface area contributed by atoms with Crippen LogP contribution in [0.4, 0.5) is 0 Å².